The van der Waals surface area contributed by atoms with Gasteiger partial charge in [-0.2, -0.15) is 24.0 Å². The third kappa shape index (κ3) is 12.0. The topological polar surface area (TPSA) is 0 Å². The van der Waals surface area contributed by atoms with Crippen LogP contribution in [0.5, 0.6) is 0 Å². The van der Waals surface area contributed by atoms with Gasteiger partial charge in [0.15, 0.2) is 0 Å². The fourth-order valence-electron chi connectivity index (χ4n) is 2.21. The molecule has 0 fully saturated rings. The first-order valence-corrected chi connectivity index (χ1v) is 9.64. The van der Waals surface area contributed by atoms with Gasteiger partial charge in [0, 0.05) is 0 Å². The van der Waals surface area contributed by atoms with E-state index in [0.717, 1.165) is 25.7 Å². The van der Waals surface area contributed by atoms with E-state index in [-0.39, 0.29) is 42.1 Å². The zero-order valence-corrected chi connectivity index (χ0v) is 21.6. The molecule has 2 aromatic rings. The number of benzene rings is 2. The van der Waals surface area contributed by atoms with Crippen LogP contribution >= 0.6 is 0 Å². The standard InChI is InChI=1S/2C9H7.2C4H9.2Pt/c2*1-2-5-9-7-3-6-8(9)4-1;2*1-3-4-2;;/h2*1-2,4-6H,7H2;2*1,3-4H2,2H3;;/q4*-1;2*+2. The molecule has 156 valence electrons. The summed E-state index contributed by atoms with van der Waals surface area (Å²) in [5, 5.41) is 0. The summed E-state index contributed by atoms with van der Waals surface area (Å²) in [4.78, 5) is 0. The van der Waals surface area contributed by atoms with Crippen molar-refractivity contribution in [2.24, 2.45) is 0 Å². The molecule has 2 heteroatoms. The van der Waals surface area contributed by atoms with Crippen LogP contribution in [0.15, 0.2) is 48.5 Å². The first kappa shape index (κ1) is 29.5. The molecule has 0 radical (unpaired) electrons. The molecule has 0 saturated heterocycles. The monoisotopic (exact) mass is 734 g/mol. The van der Waals surface area contributed by atoms with Crippen molar-refractivity contribution in [2.45, 2.75) is 52.4 Å². The minimum Gasteiger partial charge on any atom is -0.343 e. The van der Waals surface area contributed by atoms with Gasteiger partial charge in [-0.1, -0.05) is 63.1 Å². The maximum Gasteiger partial charge on any atom is 2.00 e. The molecule has 0 atom stereocenters. The van der Waals surface area contributed by atoms with Crippen LogP contribution in [-0.2, 0) is 55.0 Å². The first-order chi connectivity index (χ1) is 12.8. The Morgan fingerprint density at radius 1 is 0.679 bits per heavy atom. The molecular weight excluding hydrogens is 702 g/mol. The van der Waals surface area contributed by atoms with Crippen molar-refractivity contribution < 1.29 is 42.1 Å². The van der Waals surface area contributed by atoms with Crippen LogP contribution in [0.4, 0.5) is 0 Å². The van der Waals surface area contributed by atoms with Gasteiger partial charge in [0.25, 0.3) is 0 Å². The fraction of sp³-hybridized carbons (Fsp3) is 0.308. The van der Waals surface area contributed by atoms with Crippen molar-refractivity contribution in [1.82, 2.24) is 0 Å². The number of rotatable bonds is 2. The van der Waals surface area contributed by atoms with Gasteiger partial charge in [-0.15, -0.1) is 36.1 Å². The normalized spacial score (nSPS) is 11.0. The van der Waals surface area contributed by atoms with Crippen molar-refractivity contribution in [3.05, 3.63) is 96.8 Å². The second kappa shape index (κ2) is 19.6. The van der Waals surface area contributed by atoms with E-state index in [1.807, 2.05) is 0 Å². The zero-order chi connectivity index (χ0) is 19.0. The Bertz CT molecular complexity index is 608. The van der Waals surface area contributed by atoms with Crippen molar-refractivity contribution in [2.75, 3.05) is 0 Å². The van der Waals surface area contributed by atoms with Crippen molar-refractivity contribution in [3.63, 3.8) is 0 Å². The third-order valence-corrected chi connectivity index (χ3v) is 3.92. The van der Waals surface area contributed by atoms with Gasteiger partial charge in [0.1, 0.15) is 0 Å². The second-order valence-corrected chi connectivity index (χ2v) is 6.16. The smallest absolute Gasteiger partial charge is 0.343 e. The van der Waals surface area contributed by atoms with Crippen LogP contribution in [-0.4, -0.2) is 0 Å². The Balaban J connectivity index is 0. The van der Waals surface area contributed by atoms with Crippen molar-refractivity contribution >= 4 is 12.2 Å². The van der Waals surface area contributed by atoms with Crippen LogP contribution in [0.1, 0.15) is 61.8 Å². The van der Waals surface area contributed by atoms with E-state index in [1.54, 1.807) is 0 Å². The summed E-state index contributed by atoms with van der Waals surface area (Å²) in [7, 11) is 0. The van der Waals surface area contributed by atoms with Crippen LogP contribution < -0.4 is 0 Å². The molecule has 0 aliphatic heterocycles. The van der Waals surface area contributed by atoms with E-state index in [9.17, 15) is 0 Å². The van der Waals surface area contributed by atoms with Gasteiger partial charge in [-0.25, -0.2) is 12.2 Å². The van der Waals surface area contributed by atoms with E-state index in [2.05, 4.69) is 101 Å². The van der Waals surface area contributed by atoms with E-state index < -0.39 is 0 Å². The summed E-state index contributed by atoms with van der Waals surface area (Å²) in [6.45, 7) is 11.4. The van der Waals surface area contributed by atoms with Gasteiger partial charge in [0.2, 0.25) is 0 Å². The minimum absolute atomic E-state index is 0. The molecule has 2 aromatic carbocycles. The summed E-state index contributed by atoms with van der Waals surface area (Å²) >= 11 is 0. The zero-order valence-electron chi connectivity index (χ0n) is 17.1. The number of allylic oxidation sites excluding steroid dienone is 2. The molecule has 4 rings (SSSR count). The van der Waals surface area contributed by atoms with Crippen LogP contribution in [0, 0.1) is 26.0 Å². The number of hydrogen-bond acceptors (Lipinski definition) is 0. The summed E-state index contributed by atoms with van der Waals surface area (Å²) in [6.07, 6.45) is 17.0. The molecule has 0 aromatic heterocycles. The Morgan fingerprint density at radius 2 is 1.00 bits per heavy atom. The maximum absolute atomic E-state index is 3.60. The molecular formula is C26H32Pt2. The average molecular weight is 735 g/mol. The molecule has 0 heterocycles. The Morgan fingerprint density at radius 3 is 1.29 bits per heavy atom. The maximum atomic E-state index is 3.60. The Labute approximate surface area is 202 Å². The third-order valence-electron chi connectivity index (χ3n) is 3.92. The fourth-order valence-corrected chi connectivity index (χ4v) is 2.21. The average Bonchev–Trinajstić information content (AvgIpc) is 3.37. The van der Waals surface area contributed by atoms with Crippen LogP contribution in [0.3, 0.4) is 0 Å². The molecule has 0 N–H and O–H groups in total. The molecule has 0 nitrogen and oxygen atoms in total. The van der Waals surface area contributed by atoms with E-state index in [1.165, 1.54) is 35.1 Å². The molecule has 2 aliphatic carbocycles. The predicted octanol–water partition coefficient (Wildman–Crippen LogP) is 7.35. The summed E-state index contributed by atoms with van der Waals surface area (Å²) in [5.74, 6) is 0. The Kier molecular flexibility index (Phi) is 20.7. The summed E-state index contributed by atoms with van der Waals surface area (Å²) in [5.41, 5.74) is 5.46. The van der Waals surface area contributed by atoms with Crippen LogP contribution in [0.2, 0.25) is 0 Å². The van der Waals surface area contributed by atoms with E-state index in [4.69, 9.17) is 0 Å². The minimum atomic E-state index is 0. The molecule has 0 saturated carbocycles. The Hall–Kier alpha value is -0.703. The van der Waals surface area contributed by atoms with Gasteiger partial charge >= 0.3 is 42.1 Å². The van der Waals surface area contributed by atoms with E-state index in [0.29, 0.717) is 0 Å². The molecule has 0 unspecified atom stereocenters. The number of fused-ring (bicyclic) bond motifs is 2. The first-order valence-electron chi connectivity index (χ1n) is 9.64. The largest absolute Gasteiger partial charge is 2.00 e. The van der Waals surface area contributed by atoms with Gasteiger partial charge < -0.3 is 13.8 Å². The SMILES string of the molecule is [C-]1=Cc2ccccc2C1.[C-]1=Cc2ccccc2C1.[CH2-]CCC.[CH2-]CCC.[Pt+2].[Pt+2]. The number of unbranched alkanes of at least 4 members (excludes halogenated alkanes) is 2. The van der Waals surface area contributed by atoms with Crippen molar-refractivity contribution in [3.8, 4) is 0 Å². The van der Waals surface area contributed by atoms with Crippen LogP contribution in [0.25, 0.3) is 12.2 Å². The van der Waals surface area contributed by atoms with Gasteiger partial charge in [-0.05, 0) is 0 Å². The molecule has 0 amide bonds. The predicted molar refractivity (Wildman–Crippen MR) is 116 cm³/mol. The molecule has 0 bridgehead atoms. The molecule has 28 heavy (non-hydrogen) atoms. The van der Waals surface area contributed by atoms with E-state index >= 15 is 0 Å². The summed E-state index contributed by atoms with van der Waals surface area (Å²) in [6, 6.07) is 16.8. The van der Waals surface area contributed by atoms with Gasteiger partial charge in [0.05, 0.1) is 0 Å². The second-order valence-electron chi connectivity index (χ2n) is 6.16. The van der Waals surface area contributed by atoms with Crippen molar-refractivity contribution in [1.29, 1.82) is 0 Å². The number of hydrogen-bond donors (Lipinski definition) is 0. The molecule has 0 spiro atoms. The summed E-state index contributed by atoms with van der Waals surface area (Å²) < 4.78 is 0. The quantitative estimate of drug-likeness (QED) is 0.283. The van der Waals surface area contributed by atoms with Gasteiger partial charge in [-0.3, -0.25) is 12.2 Å². The molecule has 2 aliphatic rings.